The molecular formula is C38H69O8P. The number of allylic oxidation sites excluding steroid dienone is 6. The largest absolute Gasteiger partial charge is 0.469 e. The second kappa shape index (κ2) is 34.1. The normalized spacial score (nSPS) is 12.9. The highest BCUT2D eigenvalue weighted by Gasteiger charge is 2.22. The van der Waals surface area contributed by atoms with E-state index in [1.807, 2.05) is 0 Å². The number of carbonyl (C=O) groups is 2. The molecule has 0 bridgehead atoms. The predicted molar refractivity (Wildman–Crippen MR) is 193 cm³/mol. The average molecular weight is 685 g/mol. The van der Waals surface area contributed by atoms with Crippen molar-refractivity contribution in [3.63, 3.8) is 0 Å². The third-order valence-corrected chi connectivity index (χ3v) is 8.39. The van der Waals surface area contributed by atoms with Gasteiger partial charge in [-0.25, -0.2) is 4.57 Å². The molecule has 0 aromatic heterocycles. The van der Waals surface area contributed by atoms with E-state index in [-0.39, 0.29) is 19.4 Å². The highest BCUT2D eigenvalue weighted by Crippen LogP contribution is 2.36. The summed E-state index contributed by atoms with van der Waals surface area (Å²) < 4.78 is 26.3. The summed E-state index contributed by atoms with van der Waals surface area (Å²) in [6, 6.07) is 0. The van der Waals surface area contributed by atoms with Crippen LogP contribution in [-0.2, 0) is 28.2 Å². The highest BCUT2D eigenvalue weighted by molar-refractivity contribution is 7.46. The van der Waals surface area contributed by atoms with E-state index < -0.39 is 32.5 Å². The van der Waals surface area contributed by atoms with Crippen molar-refractivity contribution in [3.05, 3.63) is 36.5 Å². The van der Waals surface area contributed by atoms with Gasteiger partial charge in [-0.3, -0.25) is 14.1 Å². The van der Waals surface area contributed by atoms with E-state index in [0.717, 1.165) is 70.6 Å². The molecule has 1 atom stereocenters. The fraction of sp³-hybridized carbons (Fsp3) is 0.789. The first-order valence-corrected chi connectivity index (χ1v) is 20.3. The zero-order valence-electron chi connectivity index (χ0n) is 29.9. The Bertz CT molecular complexity index is 864. The van der Waals surface area contributed by atoms with Crippen LogP contribution in [0.4, 0.5) is 0 Å². The van der Waals surface area contributed by atoms with E-state index in [4.69, 9.17) is 19.3 Å². The topological polar surface area (TPSA) is 119 Å². The number of unbranched alkanes of at least 4 members (excludes halogenated alkanes) is 19. The van der Waals surface area contributed by atoms with E-state index >= 15 is 0 Å². The number of hydrogen-bond donors (Lipinski definition) is 2. The summed E-state index contributed by atoms with van der Waals surface area (Å²) in [7, 11) is -4.75. The fourth-order valence-electron chi connectivity index (χ4n) is 5.06. The van der Waals surface area contributed by atoms with Crippen LogP contribution in [0.2, 0.25) is 0 Å². The minimum Gasteiger partial charge on any atom is -0.462 e. The van der Waals surface area contributed by atoms with Crippen molar-refractivity contribution in [2.75, 3.05) is 13.2 Å². The van der Waals surface area contributed by atoms with E-state index in [1.54, 1.807) is 0 Å². The molecule has 0 aliphatic rings. The molecular weight excluding hydrogens is 615 g/mol. The maximum Gasteiger partial charge on any atom is 0.469 e. The minimum atomic E-state index is -4.75. The van der Waals surface area contributed by atoms with Crippen LogP contribution in [-0.4, -0.2) is 41.0 Å². The molecule has 0 heterocycles. The second-order valence-corrected chi connectivity index (χ2v) is 13.8. The number of phosphoric acid groups is 1. The summed E-state index contributed by atoms with van der Waals surface area (Å²) in [6.07, 6.45) is 38.6. The third kappa shape index (κ3) is 36.9. The maximum absolute atomic E-state index is 12.3. The zero-order valence-corrected chi connectivity index (χ0v) is 30.8. The Kier molecular flexibility index (Phi) is 32.9. The molecule has 0 radical (unpaired) electrons. The zero-order chi connectivity index (χ0) is 34.7. The van der Waals surface area contributed by atoms with Crippen molar-refractivity contribution >= 4 is 19.8 Å². The monoisotopic (exact) mass is 684 g/mol. The quantitative estimate of drug-likeness (QED) is 0.0226. The molecule has 0 aromatic carbocycles. The third-order valence-electron chi connectivity index (χ3n) is 7.91. The lowest BCUT2D eigenvalue weighted by Gasteiger charge is -2.18. The molecule has 8 nitrogen and oxygen atoms in total. The maximum atomic E-state index is 12.3. The fourth-order valence-corrected chi connectivity index (χ4v) is 5.42. The summed E-state index contributed by atoms with van der Waals surface area (Å²) in [4.78, 5) is 42.7. The van der Waals surface area contributed by atoms with E-state index in [0.29, 0.717) is 12.8 Å². The van der Waals surface area contributed by atoms with Crippen LogP contribution in [0.15, 0.2) is 36.5 Å². The molecule has 0 saturated carbocycles. The summed E-state index contributed by atoms with van der Waals surface area (Å²) >= 11 is 0. The summed E-state index contributed by atoms with van der Waals surface area (Å²) in [5.41, 5.74) is 0. The van der Waals surface area contributed by atoms with Crippen molar-refractivity contribution in [2.24, 2.45) is 0 Å². The smallest absolute Gasteiger partial charge is 0.462 e. The van der Waals surface area contributed by atoms with Gasteiger partial charge < -0.3 is 19.3 Å². The van der Waals surface area contributed by atoms with Crippen LogP contribution in [0.3, 0.4) is 0 Å². The molecule has 0 spiro atoms. The van der Waals surface area contributed by atoms with E-state index in [2.05, 4.69) is 54.8 Å². The summed E-state index contributed by atoms with van der Waals surface area (Å²) in [5, 5.41) is 0. The Morgan fingerprint density at radius 1 is 0.553 bits per heavy atom. The van der Waals surface area contributed by atoms with Gasteiger partial charge in [-0.05, 0) is 64.2 Å². The van der Waals surface area contributed by atoms with Crippen LogP contribution < -0.4 is 0 Å². The molecule has 0 amide bonds. The molecule has 0 unspecified atom stereocenters. The second-order valence-electron chi connectivity index (χ2n) is 12.6. The highest BCUT2D eigenvalue weighted by atomic mass is 31.2. The summed E-state index contributed by atoms with van der Waals surface area (Å²) in [6.45, 7) is 3.62. The Morgan fingerprint density at radius 2 is 0.957 bits per heavy atom. The number of ether oxygens (including phenoxy) is 2. The van der Waals surface area contributed by atoms with Crippen LogP contribution >= 0.6 is 7.82 Å². The minimum absolute atomic E-state index is 0.198. The molecule has 0 fully saturated rings. The van der Waals surface area contributed by atoms with E-state index in [9.17, 15) is 14.2 Å². The number of hydrogen-bond acceptors (Lipinski definition) is 6. The lowest BCUT2D eigenvalue weighted by Crippen LogP contribution is -2.29. The number of carbonyl (C=O) groups excluding carboxylic acids is 2. The Hall–Kier alpha value is -1.73. The van der Waals surface area contributed by atoms with Gasteiger partial charge in [0.05, 0.1) is 6.61 Å². The molecule has 9 heteroatoms. The molecule has 274 valence electrons. The molecule has 2 N–H and O–H groups in total. The first-order chi connectivity index (χ1) is 22.8. The van der Waals surface area contributed by atoms with Crippen LogP contribution in [0.5, 0.6) is 0 Å². The summed E-state index contributed by atoms with van der Waals surface area (Å²) in [5.74, 6) is -0.913. The number of esters is 2. The average Bonchev–Trinajstić information content (AvgIpc) is 3.03. The van der Waals surface area contributed by atoms with Gasteiger partial charge >= 0.3 is 19.8 Å². The predicted octanol–water partition coefficient (Wildman–Crippen LogP) is 11.0. The van der Waals surface area contributed by atoms with Gasteiger partial charge in [0.2, 0.25) is 0 Å². The van der Waals surface area contributed by atoms with Crippen molar-refractivity contribution < 1.29 is 37.9 Å². The van der Waals surface area contributed by atoms with Crippen LogP contribution in [0.25, 0.3) is 0 Å². The Labute approximate surface area is 287 Å². The van der Waals surface area contributed by atoms with Gasteiger partial charge in [0.1, 0.15) is 6.61 Å². The molecule has 0 aliphatic carbocycles. The van der Waals surface area contributed by atoms with E-state index in [1.165, 1.54) is 64.2 Å². The van der Waals surface area contributed by atoms with Crippen molar-refractivity contribution in [2.45, 2.75) is 180 Å². The van der Waals surface area contributed by atoms with Gasteiger partial charge in [-0.2, -0.15) is 0 Å². The SMILES string of the molecule is CCCCCC/C=C/C=C/CCCCCCCC(=O)OC[C@H](COP(=O)(O)O)OC(=O)CCCCCCC/C=C/CCCCCCC. The van der Waals surface area contributed by atoms with Gasteiger partial charge in [0, 0.05) is 12.8 Å². The lowest BCUT2D eigenvalue weighted by atomic mass is 10.1. The first kappa shape index (κ1) is 45.3. The van der Waals surface area contributed by atoms with Crippen LogP contribution in [0, 0.1) is 0 Å². The van der Waals surface area contributed by atoms with Gasteiger partial charge in [-0.1, -0.05) is 134 Å². The Balaban J connectivity index is 4.01. The molecule has 0 saturated heterocycles. The van der Waals surface area contributed by atoms with Crippen LogP contribution in [0.1, 0.15) is 174 Å². The van der Waals surface area contributed by atoms with Crippen molar-refractivity contribution in [1.29, 1.82) is 0 Å². The standard InChI is InChI=1S/C38H69O8P/c1-3-5-7-9-11-13-15-17-19-21-22-24-26-28-30-32-37(39)44-34-36(35-45-47(41,42)43)46-38(40)33-31-29-27-25-23-20-18-16-14-12-10-8-6-4-2/h13,15-19,36H,3-12,14,20-35H2,1-2H3,(H2,41,42,43)/b15-13+,18-16+,19-17+/t36-/m1/s1. The molecule has 0 rings (SSSR count). The first-order valence-electron chi connectivity index (χ1n) is 18.8. The lowest BCUT2D eigenvalue weighted by molar-refractivity contribution is -0.161. The van der Waals surface area contributed by atoms with Gasteiger partial charge in [-0.15, -0.1) is 0 Å². The molecule has 0 aliphatic heterocycles. The van der Waals surface area contributed by atoms with Gasteiger partial charge in [0.25, 0.3) is 0 Å². The van der Waals surface area contributed by atoms with Crippen molar-refractivity contribution in [1.82, 2.24) is 0 Å². The van der Waals surface area contributed by atoms with Gasteiger partial charge in [0.15, 0.2) is 6.10 Å². The van der Waals surface area contributed by atoms with Crippen molar-refractivity contribution in [3.8, 4) is 0 Å². The number of phosphoric ester groups is 1. The Morgan fingerprint density at radius 3 is 1.45 bits per heavy atom. The molecule has 47 heavy (non-hydrogen) atoms. The number of rotatable bonds is 34. The molecule has 0 aromatic rings.